The van der Waals surface area contributed by atoms with Crippen LogP contribution >= 0.6 is 27.7 Å². The van der Waals surface area contributed by atoms with E-state index in [-0.39, 0.29) is 17.1 Å². The Morgan fingerprint density at radius 2 is 1.83 bits per heavy atom. The number of aromatic nitrogens is 4. The highest BCUT2D eigenvalue weighted by Gasteiger charge is 2.33. The Labute approximate surface area is 172 Å². The van der Waals surface area contributed by atoms with Crippen LogP contribution in [0.1, 0.15) is 12.6 Å². The molecule has 3 heterocycles. The Kier molecular flexibility index (Phi) is 5.99. The fourth-order valence-electron chi connectivity index (χ4n) is 2.34. The van der Waals surface area contributed by atoms with Crippen LogP contribution in [0, 0.1) is 0 Å². The molecule has 0 amide bonds. The summed E-state index contributed by atoms with van der Waals surface area (Å²) in [5, 5.41) is 0. The third-order valence-corrected chi connectivity index (χ3v) is 5.17. The minimum Gasteiger partial charge on any atom is -0.482 e. The molecule has 156 valence electrons. The molecule has 0 aliphatic heterocycles. The molecule has 3 aromatic rings. The van der Waals surface area contributed by atoms with Gasteiger partial charge in [-0.3, -0.25) is 4.40 Å². The highest BCUT2D eigenvalue weighted by Crippen LogP contribution is 2.37. The highest BCUT2D eigenvalue weighted by molar-refractivity contribution is 9.10. The summed E-state index contributed by atoms with van der Waals surface area (Å²) in [6, 6.07) is 2.18. The summed E-state index contributed by atoms with van der Waals surface area (Å²) in [5.74, 6) is 0.491. The zero-order chi connectivity index (χ0) is 21.4. The van der Waals surface area contributed by atoms with Crippen molar-refractivity contribution in [3.8, 4) is 17.1 Å². The van der Waals surface area contributed by atoms with E-state index in [4.69, 9.17) is 4.74 Å². The van der Waals surface area contributed by atoms with Crippen LogP contribution in [-0.2, 0) is 6.18 Å². The van der Waals surface area contributed by atoms with Gasteiger partial charge in [-0.15, -0.1) is 11.8 Å². The Morgan fingerprint density at radius 1 is 1.10 bits per heavy atom. The highest BCUT2D eigenvalue weighted by atomic mass is 79.9. The topological polar surface area (TPSA) is 52.3 Å². The van der Waals surface area contributed by atoms with Crippen molar-refractivity contribution in [1.82, 2.24) is 19.4 Å². The molecule has 0 aromatic carbocycles. The van der Waals surface area contributed by atoms with Gasteiger partial charge in [-0.1, -0.05) is 6.92 Å². The van der Waals surface area contributed by atoms with Crippen LogP contribution < -0.4 is 4.74 Å². The van der Waals surface area contributed by atoms with Gasteiger partial charge in [0.25, 0.3) is 0 Å². The number of hydrogen-bond acceptors (Lipinski definition) is 5. The summed E-state index contributed by atoms with van der Waals surface area (Å²) in [5.41, 5.74) is -0.591. The number of fused-ring (bicyclic) bond motifs is 1. The number of imidazole rings is 1. The van der Waals surface area contributed by atoms with E-state index in [0.29, 0.717) is 20.9 Å². The standard InChI is InChI=1S/C16H11BrF6N4OS/c1-2-29-9-3-8(28-6-15(18,19)20)5-24-12(9)13-14(17)27-7-25-10(16(21,22)23)4-11(27)26-13/h3-5,7H,2,6H2,1H3. The monoisotopic (exact) mass is 500 g/mol. The summed E-state index contributed by atoms with van der Waals surface area (Å²) in [6.45, 7) is 0.365. The molecular formula is C16H11BrF6N4OS. The predicted molar refractivity (Wildman–Crippen MR) is 96.9 cm³/mol. The van der Waals surface area contributed by atoms with E-state index in [9.17, 15) is 26.3 Å². The Bertz CT molecular complexity index is 1040. The third kappa shape index (κ3) is 4.94. The second kappa shape index (κ2) is 8.01. The van der Waals surface area contributed by atoms with Gasteiger partial charge >= 0.3 is 12.4 Å². The lowest BCUT2D eigenvalue weighted by Gasteiger charge is -2.11. The first-order valence-corrected chi connectivity index (χ1v) is 9.71. The largest absolute Gasteiger partial charge is 0.482 e. The van der Waals surface area contributed by atoms with Crippen molar-refractivity contribution in [2.75, 3.05) is 12.4 Å². The molecule has 5 nitrogen and oxygen atoms in total. The van der Waals surface area contributed by atoms with Crippen LogP contribution in [0.15, 0.2) is 34.2 Å². The van der Waals surface area contributed by atoms with Crippen LogP contribution in [0.25, 0.3) is 17.0 Å². The smallest absolute Gasteiger partial charge is 0.433 e. The minimum absolute atomic E-state index is 0.0131. The molecule has 13 heteroatoms. The van der Waals surface area contributed by atoms with Gasteiger partial charge in [-0.25, -0.2) is 15.0 Å². The number of alkyl halides is 6. The molecule has 0 unspecified atom stereocenters. The molecular weight excluding hydrogens is 490 g/mol. The lowest BCUT2D eigenvalue weighted by atomic mass is 10.3. The van der Waals surface area contributed by atoms with Crippen molar-refractivity contribution in [2.24, 2.45) is 0 Å². The molecule has 3 aromatic heterocycles. The number of thioether (sulfide) groups is 1. The minimum atomic E-state index is -4.63. The second-order valence-electron chi connectivity index (χ2n) is 5.61. The summed E-state index contributed by atoms with van der Waals surface area (Å²) in [4.78, 5) is 12.2. The lowest BCUT2D eigenvalue weighted by molar-refractivity contribution is -0.153. The van der Waals surface area contributed by atoms with Crippen LogP contribution in [0.3, 0.4) is 0 Å². The van der Waals surface area contributed by atoms with E-state index in [0.717, 1.165) is 18.6 Å². The fraction of sp³-hybridized carbons (Fsp3) is 0.312. The van der Waals surface area contributed by atoms with Crippen molar-refractivity contribution in [1.29, 1.82) is 0 Å². The molecule has 0 radical (unpaired) electrons. The zero-order valence-electron chi connectivity index (χ0n) is 14.5. The van der Waals surface area contributed by atoms with E-state index in [1.54, 1.807) is 0 Å². The molecule has 0 saturated carbocycles. The first-order valence-electron chi connectivity index (χ1n) is 7.93. The van der Waals surface area contributed by atoms with Gasteiger partial charge in [0.15, 0.2) is 6.61 Å². The van der Waals surface area contributed by atoms with E-state index in [1.807, 2.05) is 6.92 Å². The maximum atomic E-state index is 12.9. The van der Waals surface area contributed by atoms with E-state index in [1.165, 1.54) is 22.2 Å². The number of pyridine rings is 1. The summed E-state index contributed by atoms with van der Waals surface area (Å²) in [6.07, 6.45) is -7.04. The van der Waals surface area contributed by atoms with Crippen LogP contribution in [0.5, 0.6) is 5.75 Å². The molecule has 0 saturated heterocycles. The van der Waals surface area contributed by atoms with E-state index in [2.05, 4.69) is 30.9 Å². The Hall–Kier alpha value is -2.02. The summed E-state index contributed by atoms with van der Waals surface area (Å²) >= 11 is 4.55. The van der Waals surface area contributed by atoms with Gasteiger partial charge in [-0.05, 0) is 27.7 Å². The van der Waals surface area contributed by atoms with Crippen molar-refractivity contribution in [2.45, 2.75) is 24.2 Å². The molecule has 0 N–H and O–H groups in total. The number of ether oxygens (including phenoxy) is 1. The van der Waals surface area contributed by atoms with Crippen molar-refractivity contribution < 1.29 is 31.1 Å². The molecule has 0 fully saturated rings. The van der Waals surface area contributed by atoms with Crippen molar-refractivity contribution >= 4 is 33.3 Å². The Morgan fingerprint density at radius 3 is 2.45 bits per heavy atom. The molecule has 0 atom stereocenters. The number of nitrogens with zero attached hydrogens (tertiary/aromatic N) is 4. The number of rotatable bonds is 5. The predicted octanol–water partition coefficient (Wildman–Crippen LogP) is 5.63. The molecule has 0 aliphatic rings. The van der Waals surface area contributed by atoms with Gasteiger partial charge in [0.2, 0.25) is 0 Å². The molecule has 0 spiro atoms. The second-order valence-corrected chi connectivity index (χ2v) is 7.66. The van der Waals surface area contributed by atoms with Crippen LogP contribution in [-0.4, -0.2) is 37.9 Å². The molecule has 0 bridgehead atoms. The quantitative estimate of drug-likeness (QED) is 0.336. The zero-order valence-corrected chi connectivity index (χ0v) is 16.9. The number of hydrogen-bond donors (Lipinski definition) is 0. The molecule has 3 rings (SSSR count). The van der Waals surface area contributed by atoms with Crippen molar-refractivity contribution in [3.63, 3.8) is 0 Å². The van der Waals surface area contributed by atoms with Gasteiger partial charge < -0.3 is 4.74 Å². The van der Waals surface area contributed by atoms with Crippen molar-refractivity contribution in [3.05, 3.63) is 35.0 Å². The van der Waals surface area contributed by atoms with Crippen LogP contribution in [0.2, 0.25) is 0 Å². The van der Waals surface area contributed by atoms with Gasteiger partial charge in [0.1, 0.15) is 39.4 Å². The normalized spacial score (nSPS) is 12.6. The van der Waals surface area contributed by atoms with Crippen LogP contribution in [0.4, 0.5) is 26.3 Å². The molecule has 0 aliphatic carbocycles. The SMILES string of the molecule is CCSc1cc(OCC(F)(F)F)cnc1-c1nc2cc(C(F)(F)F)ncn2c1Br. The fourth-order valence-corrected chi connectivity index (χ4v) is 3.69. The summed E-state index contributed by atoms with van der Waals surface area (Å²) in [7, 11) is 0. The third-order valence-electron chi connectivity index (χ3n) is 3.50. The number of halogens is 7. The molecule has 29 heavy (non-hydrogen) atoms. The van der Waals surface area contributed by atoms with E-state index >= 15 is 0 Å². The lowest BCUT2D eigenvalue weighted by Crippen LogP contribution is -2.19. The first-order chi connectivity index (χ1) is 13.5. The summed E-state index contributed by atoms with van der Waals surface area (Å²) < 4.78 is 82.1. The maximum Gasteiger partial charge on any atom is 0.433 e. The average molecular weight is 501 g/mol. The maximum absolute atomic E-state index is 12.9. The van der Waals surface area contributed by atoms with Gasteiger partial charge in [0, 0.05) is 11.0 Å². The average Bonchev–Trinajstić information content (AvgIpc) is 2.95. The van der Waals surface area contributed by atoms with E-state index < -0.39 is 24.7 Å². The Balaban J connectivity index is 2.04. The van der Waals surface area contributed by atoms with Gasteiger partial charge in [-0.2, -0.15) is 26.3 Å². The van der Waals surface area contributed by atoms with Gasteiger partial charge in [0.05, 0.1) is 6.20 Å². The first kappa shape index (κ1) is 21.7.